The summed E-state index contributed by atoms with van der Waals surface area (Å²) in [6, 6.07) is 10.2. The summed E-state index contributed by atoms with van der Waals surface area (Å²) in [4.78, 5) is 1.21. The van der Waals surface area contributed by atoms with Crippen molar-refractivity contribution in [3.63, 3.8) is 0 Å². The normalized spacial score (nSPS) is 26.1. The molecule has 0 spiro atoms. The lowest BCUT2D eigenvalue weighted by Crippen LogP contribution is -2.25. The van der Waals surface area contributed by atoms with Crippen molar-refractivity contribution in [2.75, 3.05) is 6.61 Å². The van der Waals surface area contributed by atoms with Crippen LogP contribution in [0.25, 0.3) is 0 Å². The van der Waals surface area contributed by atoms with E-state index >= 15 is 0 Å². The quantitative estimate of drug-likeness (QED) is 0.841. The van der Waals surface area contributed by atoms with Crippen LogP contribution < -0.4 is 0 Å². The number of aliphatic hydroxyl groups excluding tert-OH is 1. The van der Waals surface area contributed by atoms with Gasteiger partial charge in [0.15, 0.2) is 5.79 Å². The van der Waals surface area contributed by atoms with Gasteiger partial charge in [-0.3, -0.25) is 0 Å². The molecule has 1 heterocycles. The van der Waals surface area contributed by atoms with Gasteiger partial charge in [-0.2, -0.15) is 0 Å². The largest absolute Gasteiger partial charge is 0.394 e. The molecule has 0 amide bonds. The van der Waals surface area contributed by atoms with E-state index in [-0.39, 0.29) is 18.8 Å². The van der Waals surface area contributed by atoms with Crippen molar-refractivity contribution in [2.24, 2.45) is 0 Å². The number of benzene rings is 1. The summed E-state index contributed by atoms with van der Waals surface area (Å²) in [6.45, 7) is 3.74. The fraction of sp³-hybridized carbons (Fsp3) is 0.467. The molecule has 0 saturated carbocycles. The van der Waals surface area contributed by atoms with Crippen molar-refractivity contribution in [2.45, 2.75) is 43.2 Å². The fourth-order valence-corrected chi connectivity index (χ4v) is 2.76. The molecular weight excluding hydrogens is 260 g/mol. The van der Waals surface area contributed by atoms with Crippen LogP contribution in [0.5, 0.6) is 0 Å². The molecule has 19 heavy (non-hydrogen) atoms. The highest BCUT2D eigenvalue weighted by molar-refractivity contribution is 8.02. The Bertz CT molecular complexity index is 417. The molecule has 3 nitrogen and oxygen atoms in total. The Balaban J connectivity index is 1.82. The Morgan fingerprint density at radius 3 is 2.58 bits per heavy atom. The van der Waals surface area contributed by atoms with Gasteiger partial charge in [0, 0.05) is 4.90 Å². The first-order valence-corrected chi connectivity index (χ1v) is 7.32. The van der Waals surface area contributed by atoms with Gasteiger partial charge in [0.25, 0.3) is 0 Å². The van der Waals surface area contributed by atoms with E-state index in [0.29, 0.717) is 0 Å². The SMILES string of the molecule is CC1(C)O[C@@H](C/C=C\Sc2ccccc2)[C@@H](CO)O1. The van der Waals surface area contributed by atoms with Crippen molar-refractivity contribution in [1.29, 1.82) is 0 Å². The van der Waals surface area contributed by atoms with E-state index in [2.05, 4.69) is 23.6 Å². The summed E-state index contributed by atoms with van der Waals surface area (Å²) in [5.74, 6) is -0.599. The minimum Gasteiger partial charge on any atom is -0.394 e. The molecule has 0 radical (unpaired) electrons. The highest BCUT2D eigenvalue weighted by atomic mass is 32.2. The molecule has 0 aromatic heterocycles. The van der Waals surface area contributed by atoms with E-state index in [1.165, 1.54) is 4.90 Å². The zero-order chi connectivity index (χ0) is 13.7. The van der Waals surface area contributed by atoms with Crippen molar-refractivity contribution >= 4 is 11.8 Å². The average Bonchev–Trinajstić information content (AvgIpc) is 2.70. The highest BCUT2D eigenvalue weighted by Crippen LogP contribution is 2.30. The minimum atomic E-state index is -0.599. The van der Waals surface area contributed by atoms with Gasteiger partial charge in [-0.1, -0.05) is 36.0 Å². The molecule has 0 unspecified atom stereocenters. The second kappa shape index (κ2) is 6.57. The van der Waals surface area contributed by atoms with E-state index in [1.807, 2.05) is 32.0 Å². The maximum Gasteiger partial charge on any atom is 0.163 e. The van der Waals surface area contributed by atoms with E-state index in [4.69, 9.17) is 9.47 Å². The molecule has 1 aliphatic rings. The maximum atomic E-state index is 9.27. The number of rotatable bonds is 5. The van der Waals surface area contributed by atoms with E-state index in [9.17, 15) is 5.11 Å². The van der Waals surface area contributed by atoms with Crippen LogP contribution in [-0.4, -0.2) is 29.7 Å². The van der Waals surface area contributed by atoms with Gasteiger partial charge in [0.2, 0.25) is 0 Å². The van der Waals surface area contributed by atoms with Crippen LogP contribution in [0, 0.1) is 0 Å². The average molecular weight is 280 g/mol. The molecule has 4 heteroatoms. The fourth-order valence-electron chi connectivity index (χ4n) is 2.08. The van der Waals surface area contributed by atoms with Crippen LogP contribution in [0.4, 0.5) is 0 Å². The predicted octanol–water partition coefficient (Wildman–Crippen LogP) is 3.19. The first-order chi connectivity index (χ1) is 9.11. The highest BCUT2D eigenvalue weighted by Gasteiger charge is 2.39. The first-order valence-electron chi connectivity index (χ1n) is 6.44. The van der Waals surface area contributed by atoms with Gasteiger partial charge in [-0.15, -0.1) is 0 Å². The van der Waals surface area contributed by atoms with Crippen LogP contribution >= 0.6 is 11.8 Å². The van der Waals surface area contributed by atoms with Crippen molar-refractivity contribution in [3.8, 4) is 0 Å². The summed E-state index contributed by atoms with van der Waals surface area (Å²) in [5.41, 5.74) is 0. The third-order valence-corrected chi connectivity index (χ3v) is 3.75. The van der Waals surface area contributed by atoms with E-state index in [0.717, 1.165) is 6.42 Å². The van der Waals surface area contributed by atoms with E-state index < -0.39 is 5.79 Å². The Hall–Kier alpha value is -0.810. The molecule has 1 saturated heterocycles. The number of thioether (sulfide) groups is 1. The topological polar surface area (TPSA) is 38.7 Å². The van der Waals surface area contributed by atoms with Crippen molar-refractivity contribution in [3.05, 3.63) is 41.8 Å². The predicted molar refractivity (Wildman–Crippen MR) is 77.0 cm³/mol. The summed E-state index contributed by atoms with van der Waals surface area (Å²) >= 11 is 1.67. The van der Waals surface area contributed by atoms with Crippen molar-refractivity contribution in [1.82, 2.24) is 0 Å². The summed E-state index contributed by atoms with van der Waals surface area (Å²) in [5, 5.41) is 11.3. The van der Waals surface area contributed by atoms with Crippen molar-refractivity contribution < 1.29 is 14.6 Å². The molecular formula is C15H20O3S. The molecule has 2 rings (SSSR count). The van der Waals surface area contributed by atoms with Crippen LogP contribution in [0.3, 0.4) is 0 Å². The molecule has 0 bridgehead atoms. The van der Waals surface area contributed by atoms with E-state index in [1.54, 1.807) is 11.8 Å². The molecule has 1 fully saturated rings. The molecule has 1 N–H and O–H groups in total. The molecule has 104 valence electrons. The Morgan fingerprint density at radius 1 is 1.21 bits per heavy atom. The number of hydrogen-bond acceptors (Lipinski definition) is 4. The van der Waals surface area contributed by atoms with Gasteiger partial charge >= 0.3 is 0 Å². The van der Waals surface area contributed by atoms with Gasteiger partial charge in [0.05, 0.1) is 12.7 Å². The molecule has 1 aromatic rings. The molecule has 1 aromatic carbocycles. The second-order valence-electron chi connectivity index (χ2n) is 4.93. The third-order valence-electron chi connectivity index (χ3n) is 2.88. The molecule has 2 atom stereocenters. The smallest absolute Gasteiger partial charge is 0.163 e. The number of ether oxygens (including phenoxy) is 2. The summed E-state index contributed by atoms with van der Waals surface area (Å²) in [7, 11) is 0. The number of hydrogen-bond donors (Lipinski definition) is 1. The first kappa shape index (κ1) is 14.6. The number of aliphatic hydroxyl groups is 1. The van der Waals surface area contributed by atoms with Gasteiger partial charge in [-0.05, 0) is 37.8 Å². The van der Waals surface area contributed by atoms with Gasteiger partial charge in [0.1, 0.15) is 6.10 Å². The maximum absolute atomic E-state index is 9.27. The molecule has 0 aliphatic carbocycles. The monoisotopic (exact) mass is 280 g/mol. The van der Waals surface area contributed by atoms with Crippen LogP contribution in [0.1, 0.15) is 20.3 Å². The van der Waals surface area contributed by atoms with Gasteiger partial charge in [-0.25, -0.2) is 0 Å². The lowest BCUT2D eigenvalue weighted by atomic mass is 10.1. The standard InChI is InChI=1S/C15H20O3S/c1-15(2)17-13(14(11-16)18-15)9-6-10-19-12-7-4-3-5-8-12/h3-8,10,13-14,16H,9,11H2,1-2H3/b10-6-/t13-,14+/m0/s1. The summed E-state index contributed by atoms with van der Waals surface area (Å²) in [6.07, 6.45) is 2.50. The van der Waals surface area contributed by atoms with Crippen LogP contribution in [0.2, 0.25) is 0 Å². The van der Waals surface area contributed by atoms with Gasteiger partial charge < -0.3 is 14.6 Å². The lowest BCUT2D eigenvalue weighted by Gasteiger charge is -2.16. The minimum absolute atomic E-state index is 0.00619. The zero-order valence-electron chi connectivity index (χ0n) is 11.3. The second-order valence-corrected chi connectivity index (χ2v) is 5.91. The molecule has 1 aliphatic heterocycles. The lowest BCUT2D eigenvalue weighted by molar-refractivity contribution is -0.148. The Kier molecular flexibility index (Phi) is 5.05. The zero-order valence-corrected chi connectivity index (χ0v) is 12.1. The van der Waals surface area contributed by atoms with Crippen LogP contribution in [-0.2, 0) is 9.47 Å². The Morgan fingerprint density at radius 2 is 1.89 bits per heavy atom. The third kappa shape index (κ3) is 4.35. The van der Waals surface area contributed by atoms with Crippen LogP contribution in [0.15, 0.2) is 46.7 Å². The summed E-state index contributed by atoms with van der Waals surface area (Å²) < 4.78 is 11.4. The Labute approximate surface area is 118 Å².